The Bertz CT molecular complexity index is 634. The van der Waals surface area contributed by atoms with Crippen molar-refractivity contribution in [2.75, 3.05) is 0 Å². The number of rotatable bonds is 2. The van der Waals surface area contributed by atoms with Gasteiger partial charge >= 0.3 is 0 Å². The van der Waals surface area contributed by atoms with Gasteiger partial charge in [0.05, 0.1) is 5.69 Å². The van der Waals surface area contributed by atoms with E-state index in [-0.39, 0.29) is 0 Å². The van der Waals surface area contributed by atoms with Crippen molar-refractivity contribution < 1.29 is 4.79 Å². The first-order chi connectivity index (χ1) is 8.83. The molecule has 0 saturated heterocycles. The second-order valence-electron chi connectivity index (χ2n) is 4.93. The first-order valence-electron chi connectivity index (χ1n) is 6.55. The number of fused-ring (bicyclic) bond motifs is 1. The third-order valence-corrected chi connectivity index (χ3v) is 3.86. The summed E-state index contributed by atoms with van der Waals surface area (Å²) < 4.78 is 2.16. The Hall–Kier alpha value is -1.83. The monoisotopic (exact) mass is 239 g/mol. The Morgan fingerprint density at radius 1 is 1.22 bits per heavy atom. The minimum absolute atomic E-state index is 0.848. The Labute approximate surface area is 107 Å². The first-order valence-corrected chi connectivity index (χ1v) is 6.55. The van der Waals surface area contributed by atoms with Crippen LogP contribution in [-0.2, 0) is 7.05 Å². The highest BCUT2D eigenvalue weighted by Gasteiger charge is 2.18. The second kappa shape index (κ2) is 4.45. The second-order valence-corrected chi connectivity index (χ2v) is 4.93. The lowest BCUT2D eigenvalue weighted by molar-refractivity contribution is 0.112. The van der Waals surface area contributed by atoms with Crippen molar-refractivity contribution in [1.29, 1.82) is 0 Å². The lowest BCUT2D eigenvalue weighted by atomic mass is 9.95. The summed E-state index contributed by atoms with van der Waals surface area (Å²) in [6, 6.07) is 8.13. The summed E-state index contributed by atoms with van der Waals surface area (Å²) in [6.07, 6.45) is 8.02. The average molecular weight is 239 g/mol. The Balaban J connectivity index is 2.30. The molecule has 1 aliphatic rings. The van der Waals surface area contributed by atoms with Gasteiger partial charge in [-0.2, -0.15) is 0 Å². The molecule has 0 fully saturated rings. The molecule has 2 aromatic rings. The summed E-state index contributed by atoms with van der Waals surface area (Å²) in [5.41, 5.74) is 4.44. The van der Waals surface area contributed by atoms with Crippen LogP contribution in [-0.4, -0.2) is 10.9 Å². The molecular weight excluding hydrogens is 222 g/mol. The van der Waals surface area contributed by atoms with Crippen LogP contribution in [0.25, 0.3) is 16.5 Å². The fourth-order valence-electron chi connectivity index (χ4n) is 2.98. The summed E-state index contributed by atoms with van der Waals surface area (Å²) in [5.74, 6) is 0. The first kappa shape index (κ1) is 11.3. The van der Waals surface area contributed by atoms with E-state index in [1.165, 1.54) is 18.4 Å². The van der Waals surface area contributed by atoms with Gasteiger partial charge in [0.1, 0.15) is 0 Å². The van der Waals surface area contributed by atoms with Crippen LogP contribution in [0, 0.1) is 0 Å². The summed E-state index contributed by atoms with van der Waals surface area (Å²) in [6.45, 7) is 0. The predicted octanol–water partition coefficient (Wildman–Crippen LogP) is 3.95. The number of carbonyl (C=O) groups excluding carboxylic acids is 1. The Morgan fingerprint density at radius 2 is 2.06 bits per heavy atom. The molecule has 0 aliphatic heterocycles. The predicted molar refractivity (Wildman–Crippen MR) is 74.8 cm³/mol. The Morgan fingerprint density at radius 3 is 2.78 bits per heavy atom. The van der Waals surface area contributed by atoms with Gasteiger partial charge in [-0.3, -0.25) is 4.79 Å². The molecule has 1 heterocycles. The highest BCUT2D eigenvalue weighted by molar-refractivity contribution is 6.03. The van der Waals surface area contributed by atoms with Crippen LogP contribution in [0.2, 0.25) is 0 Å². The van der Waals surface area contributed by atoms with E-state index in [0.717, 1.165) is 41.3 Å². The van der Waals surface area contributed by atoms with Crippen LogP contribution in [0.5, 0.6) is 0 Å². The summed E-state index contributed by atoms with van der Waals surface area (Å²) in [5, 5.41) is 1.07. The zero-order valence-corrected chi connectivity index (χ0v) is 10.6. The lowest BCUT2D eigenvalue weighted by Crippen LogP contribution is -2.01. The van der Waals surface area contributed by atoms with E-state index in [9.17, 15) is 4.79 Å². The van der Waals surface area contributed by atoms with Crippen molar-refractivity contribution in [3.63, 3.8) is 0 Å². The van der Waals surface area contributed by atoms with Gasteiger partial charge in [-0.25, -0.2) is 0 Å². The molecule has 1 aromatic carbocycles. The van der Waals surface area contributed by atoms with Gasteiger partial charge in [0.25, 0.3) is 0 Å². The molecule has 0 amide bonds. The normalized spacial score (nSPS) is 15.7. The highest BCUT2D eigenvalue weighted by atomic mass is 16.1. The molecule has 2 heteroatoms. The minimum Gasteiger partial charge on any atom is -0.343 e. The molecule has 0 radical (unpaired) electrons. The number of aldehydes is 1. The molecule has 0 bridgehead atoms. The zero-order valence-electron chi connectivity index (χ0n) is 10.6. The van der Waals surface area contributed by atoms with Gasteiger partial charge in [-0.15, -0.1) is 0 Å². The van der Waals surface area contributed by atoms with Crippen LogP contribution in [0.1, 0.15) is 41.7 Å². The smallest absolute Gasteiger partial charge is 0.152 e. The van der Waals surface area contributed by atoms with Gasteiger partial charge < -0.3 is 4.57 Å². The van der Waals surface area contributed by atoms with Crippen molar-refractivity contribution >= 4 is 22.8 Å². The quantitative estimate of drug-likeness (QED) is 0.727. The van der Waals surface area contributed by atoms with Crippen molar-refractivity contribution in [2.24, 2.45) is 7.05 Å². The van der Waals surface area contributed by atoms with Gasteiger partial charge in [-0.05, 0) is 37.3 Å². The third kappa shape index (κ3) is 1.60. The summed E-state index contributed by atoms with van der Waals surface area (Å²) in [7, 11) is 2.06. The molecule has 0 spiro atoms. The topological polar surface area (TPSA) is 22.0 Å². The molecule has 0 atom stereocenters. The van der Waals surface area contributed by atoms with Crippen molar-refractivity contribution in [2.45, 2.75) is 25.7 Å². The largest absolute Gasteiger partial charge is 0.343 e. The minimum atomic E-state index is 0.848. The number of allylic oxidation sites excluding steroid dienone is 2. The maximum Gasteiger partial charge on any atom is 0.152 e. The van der Waals surface area contributed by atoms with E-state index in [2.05, 4.69) is 23.8 Å². The van der Waals surface area contributed by atoms with Crippen LogP contribution in [0.15, 0.2) is 30.3 Å². The molecule has 0 N–H and O–H groups in total. The number of carbonyl (C=O) groups is 1. The standard InChI is InChI=1S/C16H17NO/c1-17-15-10-6-5-9-13(15)14(11-18)16(17)12-7-3-2-4-8-12/h5-7,9-11H,2-4,8H2,1H3. The maximum atomic E-state index is 11.5. The molecule has 0 unspecified atom stereocenters. The van der Waals surface area contributed by atoms with Crippen LogP contribution in [0.4, 0.5) is 0 Å². The van der Waals surface area contributed by atoms with Gasteiger partial charge in [0.2, 0.25) is 0 Å². The van der Waals surface area contributed by atoms with Crippen molar-refractivity contribution in [3.8, 4) is 0 Å². The van der Waals surface area contributed by atoms with E-state index in [1.54, 1.807) is 0 Å². The van der Waals surface area contributed by atoms with E-state index in [1.807, 2.05) is 18.2 Å². The molecule has 0 saturated carbocycles. The fourth-order valence-corrected chi connectivity index (χ4v) is 2.98. The molecule has 92 valence electrons. The molecule has 18 heavy (non-hydrogen) atoms. The van der Waals surface area contributed by atoms with Crippen LogP contribution >= 0.6 is 0 Å². The molecule has 2 nitrogen and oxygen atoms in total. The fraction of sp³-hybridized carbons (Fsp3) is 0.312. The number of hydrogen-bond acceptors (Lipinski definition) is 1. The molecular formula is C16H17NO. The van der Waals surface area contributed by atoms with Crippen LogP contribution in [0.3, 0.4) is 0 Å². The number of aryl methyl sites for hydroxylation is 1. The number of benzene rings is 1. The van der Waals surface area contributed by atoms with E-state index in [0.29, 0.717) is 0 Å². The Kier molecular flexibility index (Phi) is 2.78. The number of para-hydroxylation sites is 1. The number of aromatic nitrogens is 1. The maximum absolute atomic E-state index is 11.5. The van der Waals surface area contributed by atoms with Gasteiger partial charge in [0.15, 0.2) is 6.29 Å². The molecule has 3 rings (SSSR count). The van der Waals surface area contributed by atoms with E-state index in [4.69, 9.17) is 0 Å². The number of nitrogens with zero attached hydrogens (tertiary/aromatic N) is 1. The molecule has 1 aromatic heterocycles. The van der Waals surface area contributed by atoms with Crippen molar-refractivity contribution in [1.82, 2.24) is 4.57 Å². The van der Waals surface area contributed by atoms with Gasteiger partial charge in [0, 0.05) is 23.5 Å². The summed E-state index contributed by atoms with van der Waals surface area (Å²) >= 11 is 0. The average Bonchev–Trinajstić information content (AvgIpc) is 2.73. The number of hydrogen-bond donors (Lipinski definition) is 0. The molecule has 1 aliphatic carbocycles. The SMILES string of the molecule is Cn1c(C2=CCCCC2)c(C=O)c2ccccc21. The van der Waals surface area contributed by atoms with E-state index >= 15 is 0 Å². The van der Waals surface area contributed by atoms with Gasteiger partial charge in [-0.1, -0.05) is 24.3 Å². The van der Waals surface area contributed by atoms with E-state index < -0.39 is 0 Å². The van der Waals surface area contributed by atoms with Crippen molar-refractivity contribution in [3.05, 3.63) is 41.6 Å². The summed E-state index contributed by atoms with van der Waals surface area (Å²) in [4.78, 5) is 11.5. The highest BCUT2D eigenvalue weighted by Crippen LogP contribution is 2.33. The zero-order chi connectivity index (χ0) is 12.5. The third-order valence-electron chi connectivity index (χ3n) is 3.86. The van der Waals surface area contributed by atoms with Crippen LogP contribution < -0.4 is 0 Å². The lowest BCUT2D eigenvalue weighted by Gasteiger charge is -2.14.